The summed E-state index contributed by atoms with van der Waals surface area (Å²) >= 11 is 5.80. The number of fused-ring (bicyclic) bond motifs is 1. The average Bonchev–Trinajstić information content (AvgIpc) is 2.94. The summed E-state index contributed by atoms with van der Waals surface area (Å²) in [5, 5.41) is 6.86. The molecule has 0 aliphatic carbocycles. The molecule has 0 aliphatic rings. The highest BCUT2D eigenvalue weighted by Crippen LogP contribution is 2.18. The van der Waals surface area contributed by atoms with Crippen molar-refractivity contribution in [3.05, 3.63) is 23.3 Å². The minimum atomic E-state index is 0.124. The summed E-state index contributed by atoms with van der Waals surface area (Å²) in [6, 6.07) is 0. The minimum Gasteiger partial charge on any atom is -0.359 e. The van der Waals surface area contributed by atoms with Crippen molar-refractivity contribution in [2.45, 2.75) is 13.5 Å². The SMILES string of the molecule is Cc1noc(CNc2nc(Cl)nc3nc[nH]c23)n1. The number of aromatic amines is 1. The number of aromatic nitrogens is 6. The standard InChI is InChI=1S/C9H8ClN7O/c1-4-14-5(18-17-4)2-11-7-6-8(13-3-12-6)16-9(10)15-7/h3H,2H2,1H3,(H2,11,12,13,15,16). The van der Waals surface area contributed by atoms with Crippen molar-refractivity contribution in [2.24, 2.45) is 0 Å². The molecule has 3 aromatic heterocycles. The van der Waals surface area contributed by atoms with Crippen LogP contribution < -0.4 is 5.32 Å². The van der Waals surface area contributed by atoms with E-state index >= 15 is 0 Å². The maximum atomic E-state index is 5.80. The van der Waals surface area contributed by atoms with Gasteiger partial charge in [-0.05, 0) is 18.5 Å². The van der Waals surface area contributed by atoms with Crippen LogP contribution in [0.1, 0.15) is 11.7 Å². The van der Waals surface area contributed by atoms with Crippen LogP contribution in [0.5, 0.6) is 0 Å². The van der Waals surface area contributed by atoms with Crippen LogP contribution in [0, 0.1) is 6.92 Å². The van der Waals surface area contributed by atoms with Crippen LogP contribution in [0.3, 0.4) is 0 Å². The highest BCUT2D eigenvalue weighted by atomic mass is 35.5. The number of imidazole rings is 1. The Morgan fingerprint density at radius 2 is 2.28 bits per heavy atom. The van der Waals surface area contributed by atoms with Gasteiger partial charge in [0.1, 0.15) is 5.52 Å². The lowest BCUT2D eigenvalue weighted by molar-refractivity contribution is 0.379. The quantitative estimate of drug-likeness (QED) is 0.688. The first-order valence-corrected chi connectivity index (χ1v) is 5.50. The number of halogens is 1. The van der Waals surface area contributed by atoms with E-state index in [0.717, 1.165) is 0 Å². The van der Waals surface area contributed by atoms with Crippen molar-refractivity contribution in [3.63, 3.8) is 0 Å². The summed E-state index contributed by atoms with van der Waals surface area (Å²) < 4.78 is 4.98. The van der Waals surface area contributed by atoms with E-state index in [9.17, 15) is 0 Å². The predicted molar refractivity (Wildman–Crippen MR) is 63.1 cm³/mol. The Balaban J connectivity index is 1.87. The van der Waals surface area contributed by atoms with Crippen LogP contribution in [0.15, 0.2) is 10.9 Å². The molecule has 0 unspecified atom stereocenters. The van der Waals surface area contributed by atoms with Crippen LogP contribution in [0.2, 0.25) is 5.28 Å². The molecule has 0 amide bonds. The van der Waals surface area contributed by atoms with Gasteiger partial charge in [0.05, 0.1) is 12.9 Å². The molecule has 2 N–H and O–H groups in total. The summed E-state index contributed by atoms with van der Waals surface area (Å²) in [4.78, 5) is 19.1. The molecule has 0 fully saturated rings. The maximum absolute atomic E-state index is 5.80. The van der Waals surface area contributed by atoms with E-state index in [4.69, 9.17) is 16.1 Å². The van der Waals surface area contributed by atoms with Gasteiger partial charge in [-0.2, -0.15) is 15.0 Å². The molecule has 0 atom stereocenters. The molecule has 0 aliphatic heterocycles. The predicted octanol–water partition coefficient (Wildman–Crippen LogP) is 1.31. The summed E-state index contributed by atoms with van der Waals surface area (Å²) in [6.07, 6.45) is 1.53. The normalized spacial score (nSPS) is 11.0. The summed E-state index contributed by atoms with van der Waals surface area (Å²) in [6.45, 7) is 2.10. The fourth-order valence-corrected chi connectivity index (χ4v) is 1.67. The van der Waals surface area contributed by atoms with E-state index in [1.54, 1.807) is 6.92 Å². The molecule has 3 heterocycles. The van der Waals surface area contributed by atoms with E-state index in [-0.39, 0.29) is 5.28 Å². The number of hydrogen-bond donors (Lipinski definition) is 2. The van der Waals surface area contributed by atoms with Crippen molar-refractivity contribution in [1.82, 2.24) is 30.1 Å². The lowest BCUT2D eigenvalue weighted by atomic mass is 10.5. The molecular weight excluding hydrogens is 258 g/mol. The largest absolute Gasteiger partial charge is 0.359 e. The van der Waals surface area contributed by atoms with Crippen molar-refractivity contribution < 1.29 is 4.52 Å². The van der Waals surface area contributed by atoms with Crippen LogP contribution in [-0.2, 0) is 6.54 Å². The van der Waals surface area contributed by atoms with E-state index in [0.29, 0.717) is 35.2 Å². The van der Waals surface area contributed by atoms with Gasteiger partial charge in [0.2, 0.25) is 11.2 Å². The van der Waals surface area contributed by atoms with Gasteiger partial charge in [-0.1, -0.05) is 5.16 Å². The van der Waals surface area contributed by atoms with Crippen LogP contribution in [0.25, 0.3) is 11.2 Å². The zero-order valence-corrected chi connectivity index (χ0v) is 10.1. The fraction of sp³-hybridized carbons (Fsp3) is 0.222. The Labute approximate surface area is 106 Å². The lowest BCUT2D eigenvalue weighted by Gasteiger charge is -2.03. The first-order chi connectivity index (χ1) is 8.72. The molecule has 0 spiro atoms. The molecule has 0 aromatic carbocycles. The van der Waals surface area contributed by atoms with Gasteiger partial charge in [-0.25, -0.2) is 4.98 Å². The van der Waals surface area contributed by atoms with Crippen molar-refractivity contribution in [2.75, 3.05) is 5.32 Å². The third-order valence-corrected chi connectivity index (χ3v) is 2.40. The molecule has 0 radical (unpaired) electrons. The fourth-order valence-electron chi connectivity index (χ4n) is 1.51. The monoisotopic (exact) mass is 265 g/mol. The van der Waals surface area contributed by atoms with Crippen LogP contribution in [0.4, 0.5) is 5.82 Å². The number of H-pyrrole nitrogens is 1. The van der Waals surface area contributed by atoms with E-state index < -0.39 is 0 Å². The van der Waals surface area contributed by atoms with E-state index in [1.165, 1.54) is 6.33 Å². The van der Waals surface area contributed by atoms with Gasteiger partial charge in [0.15, 0.2) is 17.3 Å². The number of anilines is 1. The Morgan fingerprint density at radius 1 is 1.39 bits per heavy atom. The van der Waals surface area contributed by atoms with Crippen LogP contribution in [-0.4, -0.2) is 30.1 Å². The maximum Gasteiger partial charge on any atom is 0.245 e. The molecular formula is C9H8ClN7O. The number of hydrogen-bond acceptors (Lipinski definition) is 7. The molecule has 0 saturated heterocycles. The Bertz CT molecular complexity index is 691. The molecule has 0 bridgehead atoms. The average molecular weight is 266 g/mol. The molecule has 9 heteroatoms. The second kappa shape index (κ2) is 4.22. The third kappa shape index (κ3) is 1.97. The molecule has 3 aromatic rings. The summed E-state index contributed by atoms with van der Waals surface area (Å²) in [5.41, 5.74) is 1.18. The smallest absolute Gasteiger partial charge is 0.245 e. The molecule has 8 nitrogen and oxygen atoms in total. The highest BCUT2D eigenvalue weighted by molar-refractivity contribution is 6.28. The summed E-state index contributed by atoms with van der Waals surface area (Å²) in [7, 11) is 0. The van der Waals surface area contributed by atoms with E-state index in [1.807, 2.05) is 0 Å². The third-order valence-electron chi connectivity index (χ3n) is 2.24. The zero-order valence-electron chi connectivity index (χ0n) is 9.31. The number of aryl methyl sites for hydroxylation is 1. The molecule has 92 valence electrons. The second-order valence-electron chi connectivity index (χ2n) is 3.53. The minimum absolute atomic E-state index is 0.124. The summed E-state index contributed by atoms with van der Waals surface area (Å²) in [5.74, 6) is 1.59. The topological polar surface area (TPSA) is 105 Å². The molecule has 18 heavy (non-hydrogen) atoms. The van der Waals surface area contributed by atoms with Gasteiger partial charge in [0, 0.05) is 0 Å². The van der Waals surface area contributed by atoms with Crippen molar-refractivity contribution >= 4 is 28.6 Å². The molecule has 3 rings (SSSR count). The lowest BCUT2D eigenvalue weighted by Crippen LogP contribution is -2.03. The first kappa shape index (κ1) is 10.9. The second-order valence-corrected chi connectivity index (χ2v) is 3.87. The first-order valence-electron chi connectivity index (χ1n) is 5.12. The Morgan fingerprint density at radius 3 is 3.06 bits per heavy atom. The number of nitrogens with one attached hydrogen (secondary N) is 2. The highest BCUT2D eigenvalue weighted by Gasteiger charge is 2.10. The Hall–Kier alpha value is -2.22. The number of nitrogens with zero attached hydrogens (tertiary/aromatic N) is 5. The van der Waals surface area contributed by atoms with Gasteiger partial charge in [-0.15, -0.1) is 0 Å². The number of rotatable bonds is 3. The van der Waals surface area contributed by atoms with Crippen molar-refractivity contribution in [3.8, 4) is 0 Å². The van der Waals surface area contributed by atoms with Gasteiger partial charge < -0.3 is 14.8 Å². The van der Waals surface area contributed by atoms with Gasteiger partial charge >= 0.3 is 0 Å². The van der Waals surface area contributed by atoms with Crippen molar-refractivity contribution in [1.29, 1.82) is 0 Å². The zero-order chi connectivity index (χ0) is 12.5. The van der Waals surface area contributed by atoms with Gasteiger partial charge in [0.25, 0.3) is 0 Å². The van der Waals surface area contributed by atoms with Crippen LogP contribution >= 0.6 is 11.6 Å². The molecule has 0 saturated carbocycles. The van der Waals surface area contributed by atoms with Gasteiger partial charge in [-0.3, -0.25) is 0 Å². The Kier molecular flexibility index (Phi) is 2.56. The van der Waals surface area contributed by atoms with E-state index in [2.05, 4.69) is 35.4 Å².